The van der Waals surface area contributed by atoms with Gasteiger partial charge in [0.25, 0.3) is 0 Å². The smallest absolute Gasteiger partial charge is 0.410 e. The fraction of sp³-hybridized carbons (Fsp3) is 0.667. The lowest BCUT2D eigenvalue weighted by Crippen LogP contribution is -2.36. The van der Waals surface area contributed by atoms with Crippen molar-refractivity contribution < 1.29 is 9.53 Å². The number of carbonyl (C=O) groups is 1. The van der Waals surface area contributed by atoms with E-state index < -0.39 is 5.60 Å². The van der Waals surface area contributed by atoms with Crippen LogP contribution in [0.2, 0.25) is 0 Å². The third kappa shape index (κ3) is 3.15. The Labute approximate surface area is 106 Å². The molecular weight excluding hydrogens is 232 g/mol. The van der Waals surface area contributed by atoms with Gasteiger partial charge in [-0.15, -0.1) is 10.2 Å². The van der Waals surface area contributed by atoms with Crippen LogP contribution in [-0.4, -0.2) is 38.5 Å². The van der Waals surface area contributed by atoms with Crippen molar-refractivity contribution in [3.05, 3.63) is 17.5 Å². The first-order valence-corrected chi connectivity index (χ1v) is 6.10. The number of aryl methyl sites for hydroxylation is 1. The van der Waals surface area contributed by atoms with Crippen molar-refractivity contribution in [1.82, 2.24) is 20.3 Å². The normalized spacial score (nSPS) is 15.8. The molecule has 0 atom stereocenters. The first kappa shape index (κ1) is 12.7. The van der Waals surface area contributed by atoms with E-state index in [-0.39, 0.29) is 6.09 Å². The number of rotatable bonds is 0. The van der Waals surface area contributed by atoms with Gasteiger partial charge in [-0.3, -0.25) is 0 Å². The Balaban J connectivity index is 2.10. The number of fused-ring (bicyclic) bond motifs is 1. The largest absolute Gasteiger partial charge is 0.444 e. The summed E-state index contributed by atoms with van der Waals surface area (Å²) in [6.45, 7) is 6.76. The van der Waals surface area contributed by atoms with Gasteiger partial charge in [-0.25, -0.2) is 4.79 Å². The molecule has 0 radical (unpaired) electrons. The number of carbonyl (C=O) groups excluding carboxylic acids is 1. The first-order valence-electron chi connectivity index (χ1n) is 6.10. The number of nitrogens with zero attached hydrogens (tertiary/aromatic N) is 4. The molecule has 0 bridgehead atoms. The molecule has 1 aliphatic rings. The molecule has 6 heteroatoms. The monoisotopic (exact) mass is 250 g/mol. The molecule has 1 aromatic rings. The molecule has 0 aliphatic carbocycles. The zero-order valence-corrected chi connectivity index (χ0v) is 11.0. The zero-order chi connectivity index (χ0) is 13.2. The highest BCUT2D eigenvalue weighted by Gasteiger charge is 2.25. The summed E-state index contributed by atoms with van der Waals surface area (Å²) in [5, 5.41) is 11.4. The highest BCUT2D eigenvalue weighted by atomic mass is 16.6. The van der Waals surface area contributed by atoms with Crippen molar-refractivity contribution in [1.29, 1.82) is 0 Å². The molecule has 1 amide bonds. The van der Waals surface area contributed by atoms with Crippen LogP contribution in [0.3, 0.4) is 0 Å². The maximum Gasteiger partial charge on any atom is 0.410 e. The molecule has 0 spiro atoms. The van der Waals surface area contributed by atoms with Crippen molar-refractivity contribution in [3.63, 3.8) is 0 Å². The molecule has 6 nitrogen and oxygen atoms in total. The molecule has 0 fully saturated rings. The molecule has 98 valence electrons. The summed E-state index contributed by atoms with van der Waals surface area (Å²) in [5.41, 5.74) is 1.41. The summed E-state index contributed by atoms with van der Waals surface area (Å²) >= 11 is 0. The van der Waals surface area contributed by atoms with E-state index in [9.17, 15) is 4.79 Å². The zero-order valence-electron chi connectivity index (χ0n) is 11.0. The molecule has 0 N–H and O–H groups in total. The van der Waals surface area contributed by atoms with Crippen LogP contribution in [0.15, 0.2) is 6.20 Å². The van der Waals surface area contributed by atoms with Crippen LogP contribution in [0.25, 0.3) is 0 Å². The van der Waals surface area contributed by atoms with Gasteiger partial charge in [-0.2, -0.15) is 0 Å². The molecule has 2 rings (SSSR count). The molecule has 18 heavy (non-hydrogen) atoms. The standard InChI is InChI=1S/C12H18N4O2/c1-12(2,3)18-11(17)16-6-4-5-10-9(8-16)7-13-15-14-10/h7H,4-6,8H2,1-3H3. The summed E-state index contributed by atoms with van der Waals surface area (Å²) in [4.78, 5) is 13.7. The van der Waals surface area contributed by atoms with Crippen LogP contribution in [0.5, 0.6) is 0 Å². The van der Waals surface area contributed by atoms with Crippen LogP contribution in [0, 0.1) is 0 Å². The number of aromatic nitrogens is 3. The Morgan fingerprint density at radius 3 is 2.94 bits per heavy atom. The quantitative estimate of drug-likeness (QED) is 0.699. The molecule has 1 aliphatic heterocycles. The van der Waals surface area contributed by atoms with Crippen molar-refractivity contribution in [2.45, 2.75) is 45.8 Å². The van der Waals surface area contributed by atoms with Crippen LogP contribution in [0.1, 0.15) is 38.4 Å². The van der Waals surface area contributed by atoms with E-state index in [0.717, 1.165) is 24.1 Å². The number of ether oxygens (including phenoxy) is 1. The van der Waals surface area contributed by atoms with Crippen LogP contribution in [-0.2, 0) is 17.7 Å². The predicted octanol–water partition coefficient (Wildman–Crippen LogP) is 1.55. The second kappa shape index (κ2) is 4.88. The van der Waals surface area contributed by atoms with E-state index in [1.54, 1.807) is 11.1 Å². The third-order valence-corrected chi connectivity index (χ3v) is 2.66. The van der Waals surface area contributed by atoms with E-state index in [1.165, 1.54) is 0 Å². The van der Waals surface area contributed by atoms with E-state index in [2.05, 4.69) is 15.4 Å². The maximum atomic E-state index is 12.0. The predicted molar refractivity (Wildman–Crippen MR) is 64.8 cm³/mol. The molecule has 0 unspecified atom stereocenters. The fourth-order valence-corrected chi connectivity index (χ4v) is 1.86. The van der Waals surface area contributed by atoms with Gasteiger partial charge in [0.15, 0.2) is 0 Å². The van der Waals surface area contributed by atoms with Crippen LogP contribution >= 0.6 is 0 Å². The molecule has 0 saturated heterocycles. The highest BCUT2D eigenvalue weighted by Crippen LogP contribution is 2.17. The Hall–Kier alpha value is -1.72. The molecule has 1 aromatic heterocycles. The number of hydrogen-bond donors (Lipinski definition) is 0. The summed E-state index contributed by atoms with van der Waals surface area (Å²) < 4.78 is 5.38. The van der Waals surface area contributed by atoms with Gasteiger partial charge >= 0.3 is 6.09 Å². The van der Waals surface area contributed by atoms with Crippen molar-refractivity contribution in [3.8, 4) is 0 Å². The summed E-state index contributed by atoms with van der Waals surface area (Å²) in [5.74, 6) is 0. The highest BCUT2D eigenvalue weighted by molar-refractivity contribution is 5.68. The minimum atomic E-state index is -0.471. The van der Waals surface area contributed by atoms with Gasteiger partial charge in [0.2, 0.25) is 0 Å². The fourth-order valence-electron chi connectivity index (χ4n) is 1.86. The van der Waals surface area contributed by atoms with Crippen molar-refractivity contribution >= 4 is 6.09 Å². The molecule has 2 heterocycles. The number of amides is 1. The summed E-state index contributed by atoms with van der Waals surface area (Å²) in [6.07, 6.45) is 3.08. The third-order valence-electron chi connectivity index (χ3n) is 2.66. The van der Waals surface area contributed by atoms with Crippen LogP contribution < -0.4 is 0 Å². The van der Waals surface area contributed by atoms with Gasteiger partial charge in [-0.05, 0) is 38.8 Å². The Bertz CT molecular complexity index is 442. The second-order valence-corrected chi connectivity index (χ2v) is 5.41. The summed E-state index contributed by atoms with van der Waals surface area (Å²) in [7, 11) is 0. The lowest BCUT2D eigenvalue weighted by Gasteiger charge is -2.26. The topological polar surface area (TPSA) is 68.2 Å². The lowest BCUT2D eigenvalue weighted by molar-refractivity contribution is 0.0236. The average Bonchev–Trinajstić information content (AvgIpc) is 2.48. The minimum Gasteiger partial charge on any atom is -0.444 e. The molecule has 0 aromatic carbocycles. The maximum absolute atomic E-state index is 12.0. The summed E-state index contributed by atoms with van der Waals surface area (Å²) in [6, 6.07) is 0. The molecule has 0 saturated carbocycles. The van der Waals surface area contributed by atoms with Gasteiger partial charge in [-0.1, -0.05) is 0 Å². The van der Waals surface area contributed by atoms with Gasteiger partial charge < -0.3 is 9.64 Å². The number of hydrogen-bond acceptors (Lipinski definition) is 5. The molecular formula is C12H18N4O2. The van der Waals surface area contributed by atoms with Gasteiger partial charge in [0.05, 0.1) is 18.4 Å². The SMILES string of the molecule is CC(C)(C)OC(=O)N1CCCc2nnncc2C1. The van der Waals surface area contributed by atoms with E-state index in [4.69, 9.17) is 4.74 Å². The van der Waals surface area contributed by atoms with Crippen molar-refractivity contribution in [2.75, 3.05) is 6.54 Å². The van der Waals surface area contributed by atoms with E-state index in [1.807, 2.05) is 20.8 Å². The van der Waals surface area contributed by atoms with E-state index in [0.29, 0.717) is 13.1 Å². The average molecular weight is 250 g/mol. The first-order chi connectivity index (χ1) is 8.46. The van der Waals surface area contributed by atoms with E-state index >= 15 is 0 Å². The second-order valence-electron chi connectivity index (χ2n) is 5.41. The van der Waals surface area contributed by atoms with Crippen LogP contribution in [0.4, 0.5) is 4.79 Å². The minimum absolute atomic E-state index is 0.285. The van der Waals surface area contributed by atoms with Crippen molar-refractivity contribution in [2.24, 2.45) is 0 Å². The Morgan fingerprint density at radius 2 is 2.22 bits per heavy atom. The Kier molecular flexibility index (Phi) is 3.45. The lowest BCUT2D eigenvalue weighted by atomic mass is 10.2. The van der Waals surface area contributed by atoms with Gasteiger partial charge in [0.1, 0.15) is 5.60 Å². The Morgan fingerprint density at radius 1 is 1.44 bits per heavy atom. The van der Waals surface area contributed by atoms with Gasteiger partial charge in [0, 0.05) is 12.1 Å².